The Labute approximate surface area is 75.7 Å². The van der Waals surface area contributed by atoms with E-state index >= 15 is 0 Å². The highest BCUT2D eigenvalue weighted by atomic mass is 15.0. The van der Waals surface area contributed by atoms with Crippen molar-refractivity contribution in [2.24, 2.45) is 22.8 Å². The number of hydrogen-bond acceptors (Lipinski definition) is 2. The van der Waals surface area contributed by atoms with Crippen LogP contribution in [0.15, 0.2) is 0 Å². The van der Waals surface area contributed by atoms with Crippen LogP contribution >= 0.6 is 0 Å². The summed E-state index contributed by atoms with van der Waals surface area (Å²) in [6.45, 7) is 6.63. The first-order chi connectivity index (χ1) is 5.39. The van der Waals surface area contributed by atoms with Gasteiger partial charge in [-0.15, -0.1) is 0 Å². The van der Waals surface area contributed by atoms with Crippen LogP contribution in [0.3, 0.4) is 0 Å². The SMILES string of the molecule is CCC1CCC(N)(N)C(C)(C)C1. The maximum absolute atomic E-state index is 6.05. The Balaban J connectivity index is 2.68. The normalized spacial score (nSPS) is 33.2. The van der Waals surface area contributed by atoms with Crippen LogP contribution in [0.1, 0.15) is 46.5 Å². The lowest BCUT2D eigenvalue weighted by atomic mass is 9.65. The van der Waals surface area contributed by atoms with Crippen LogP contribution in [0.25, 0.3) is 0 Å². The fourth-order valence-electron chi connectivity index (χ4n) is 2.14. The second kappa shape index (κ2) is 3.00. The fourth-order valence-corrected chi connectivity index (χ4v) is 2.14. The minimum Gasteiger partial charge on any atom is -0.313 e. The summed E-state index contributed by atoms with van der Waals surface area (Å²) >= 11 is 0. The standard InChI is InChI=1S/C10H22N2/c1-4-8-5-6-10(11,12)9(2,3)7-8/h8H,4-7,11-12H2,1-3H3. The Kier molecular flexibility index (Phi) is 2.50. The third-order valence-electron chi connectivity index (χ3n) is 3.60. The van der Waals surface area contributed by atoms with Gasteiger partial charge >= 0.3 is 0 Å². The van der Waals surface area contributed by atoms with Gasteiger partial charge in [0.15, 0.2) is 0 Å². The largest absolute Gasteiger partial charge is 0.313 e. The van der Waals surface area contributed by atoms with Gasteiger partial charge in [0, 0.05) is 0 Å². The molecular formula is C10H22N2. The van der Waals surface area contributed by atoms with Gasteiger partial charge in [0.1, 0.15) is 0 Å². The molecule has 12 heavy (non-hydrogen) atoms. The molecule has 1 atom stereocenters. The van der Waals surface area contributed by atoms with E-state index < -0.39 is 5.66 Å². The van der Waals surface area contributed by atoms with E-state index in [-0.39, 0.29) is 5.41 Å². The lowest BCUT2D eigenvalue weighted by Crippen LogP contribution is -2.62. The molecule has 1 rings (SSSR count). The summed E-state index contributed by atoms with van der Waals surface area (Å²) < 4.78 is 0. The van der Waals surface area contributed by atoms with Crippen LogP contribution in [0, 0.1) is 11.3 Å². The monoisotopic (exact) mass is 170 g/mol. The van der Waals surface area contributed by atoms with Crippen molar-refractivity contribution in [2.45, 2.75) is 52.1 Å². The van der Waals surface area contributed by atoms with Crippen LogP contribution in [0.5, 0.6) is 0 Å². The van der Waals surface area contributed by atoms with Gasteiger partial charge in [-0.2, -0.15) is 0 Å². The first kappa shape index (κ1) is 10.0. The van der Waals surface area contributed by atoms with Crippen molar-refractivity contribution >= 4 is 0 Å². The van der Waals surface area contributed by atoms with E-state index in [1.807, 2.05) is 0 Å². The third-order valence-corrected chi connectivity index (χ3v) is 3.60. The highest BCUT2D eigenvalue weighted by Gasteiger charge is 2.43. The van der Waals surface area contributed by atoms with Gasteiger partial charge in [-0.05, 0) is 30.6 Å². The average Bonchev–Trinajstić information content (AvgIpc) is 1.95. The molecule has 2 nitrogen and oxygen atoms in total. The summed E-state index contributed by atoms with van der Waals surface area (Å²) in [5.74, 6) is 0.834. The molecule has 1 aliphatic carbocycles. The maximum atomic E-state index is 6.05. The van der Waals surface area contributed by atoms with E-state index in [1.54, 1.807) is 0 Å². The van der Waals surface area contributed by atoms with Gasteiger partial charge in [0.25, 0.3) is 0 Å². The molecule has 1 fully saturated rings. The summed E-state index contributed by atoms with van der Waals surface area (Å²) in [5, 5.41) is 0. The fraction of sp³-hybridized carbons (Fsp3) is 1.00. The molecule has 1 aliphatic rings. The van der Waals surface area contributed by atoms with Gasteiger partial charge in [-0.3, -0.25) is 0 Å². The summed E-state index contributed by atoms with van der Waals surface area (Å²) in [6, 6.07) is 0. The molecule has 0 saturated heterocycles. The Morgan fingerprint density at radius 1 is 1.33 bits per heavy atom. The molecule has 0 radical (unpaired) electrons. The van der Waals surface area contributed by atoms with E-state index in [0.29, 0.717) is 0 Å². The summed E-state index contributed by atoms with van der Waals surface area (Å²) in [7, 11) is 0. The average molecular weight is 170 g/mol. The summed E-state index contributed by atoms with van der Waals surface area (Å²) in [5.41, 5.74) is 11.8. The van der Waals surface area contributed by atoms with Crippen LogP contribution in [-0.2, 0) is 0 Å². The molecule has 0 aromatic heterocycles. The second-order valence-electron chi connectivity index (χ2n) is 4.94. The molecule has 1 unspecified atom stereocenters. The molecular weight excluding hydrogens is 148 g/mol. The molecule has 0 aromatic rings. The number of rotatable bonds is 1. The van der Waals surface area contributed by atoms with Gasteiger partial charge in [-0.1, -0.05) is 27.2 Å². The van der Waals surface area contributed by atoms with E-state index in [9.17, 15) is 0 Å². The van der Waals surface area contributed by atoms with Crippen molar-refractivity contribution in [1.82, 2.24) is 0 Å². The Morgan fingerprint density at radius 3 is 2.33 bits per heavy atom. The summed E-state index contributed by atoms with van der Waals surface area (Å²) in [6.07, 6.45) is 4.61. The lowest BCUT2D eigenvalue weighted by molar-refractivity contribution is 0.0662. The molecule has 0 aromatic carbocycles. The lowest BCUT2D eigenvalue weighted by Gasteiger charge is -2.47. The number of nitrogens with two attached hydrogens (primary N) is 2. The van der Waals surface area contributed by atoms with E-state index in [1.165, 1.54) is 19.3 Å². The van der Waals surface area contributed by atoms with Crippen LogP contribution in [0.4, 0.5) is 0 Å². The van der Waals surface area contributed by atoms with Gasteiger partial charge < -0.3 is 11.5 Å². The second-order valence-corrected chi connectivity index (χ2v) is 4.94. The van der Waals surface area contributed by atoms with E-state index in [2.05, 4.69) is 20.8 Å². The molecule has 0 heterocycles. The maximum Gasteiger partial charge on any atom is 0.0689 e. The minimum absolute atomic E-state index is 0.103. The van der Waals surface area contributed by atoms with Crippen molar-refractivity contribution in [3.8, 4) is 0 Å². The predicted molar refractivity (Wildman–Crippen MR) is 52.5 cm³/mol. The van der Waals surface area contributed by atoms with Crippen molar-refractivity contribution in [1.29, 1.82) is 0 Å². The van der Waals surface area contributed by atoms with Crippen LogP contribution < -0.4 is 11.5 Å². The number of hydrogen-bond donors (Lipinski definition) is 2. The first-order valence-corrected chi connectivity index (χ1v) is 4.97. The zero-order valence-corrected chi connectivity index (χ0v) is 8.56. The van der Waals surface area contributed by atoms with Gasteiger partial charge in [-0.25, -0.2) is 0 Å². The first-order valence-electron chi connectivity index (χ1n) is 4.97. The highest BCUT2D eigenvalue weighted by Crippen LogP contribution is 2.42. The van der Waals surface area contributed by atoms with E-state index in [0.717, 1.165) is 12.3 Å². The van der Waals surface area contributed by atoms with Crippen molar-refractivity contribution in [3.05, 3.63) is 0 Å². The van der Waals surface area contributed by atoms with Crippen molar-refractivity contribution in [3.63, 3.8) is 0 Å². The molecule has 0 amide bonds. The van der Waals surface area contributed by atoms with Crippen molar-refractivity contribution in [2.75, 3.05) is 0 Å². The highest BCUT2D eigenvalue weighted by molar-refractivity contribution is 4.97. The smallest absolute Gasteiger partial charge is 0.0689 e. The molecule has 2 heteroatoms. The van der Waals surface area contributed by atoms with Crippen molar-refractivity contribution < 1.29 is 0 Å². The minimum atomic E-state index is -0.446. The molecule has 0 aliphatic heterocycles. The molecule has 72 valence electrons. The van der Waals surface area contributed by atoms with Crippen LogP contribution in [-0.4, -0.2) is 5.66 Å². The Bertz CT molecular complexity index is 161. The van der Waals surface area contributed by atoms with E-state index in [4.69, 9.17) is 11.5 Å². The molecule has 0 spiro atoms. The zero-order valence-electron chi connectivity index (χ0n) is 8.56. The Morgan fingerprint density at radius 2 is 1.92 bits per heavy atom. The van der Waals surface area contributed by atoms with Crippen LogP contribution in [0.2, 0.25) is 0 Å². The van der Waals surface area contributed by atoms with Gasteiger partial charge in [0.05, 0.1) is 5.66 Å². The molecule has 0 bridgehead atoms. The summed E-state index contributed by atoms with van der Waals surface area (Å²) in [4.78, 5) is 0. The third kappa shape index (κ3) is 1.64. The molecule has 4 N–H and O–H groups in total. The predicted octanol–water partition coefficient (Wildman–Crippen LogP) is 1.84. The Hall–Kier alpha value is -0.0800. The molecule has 1 saturated carbocycles. The zero-order chi connectivity index (χ0) is 9.41. The topological polar surface area (TPSA) is 52.0 Å². The van der Waals surface area contributed by atoms with Gasteiger partial charge in [0.2, 0.25) is 0 Å². The quantitative estimate of drug-likeness (QED) is 0.590.